The van der Waals surface area contributed by atoms with E-state index in [0.717, 1.165) is 49.1 Å². The fourth-order valence-electron chi connectivity index (χ4n) is 2.48. The molecule has 2 rings (SSSR count). The van der Waals surface area contributed by atoms with Gasteiger partial charge in [-0.25, -0.2) is 0 Å². The first-order valence-electron chi connectivity index (χ1n) is 7.91. The Hall–Kier alpha value is 0.760. The van der Waals surface area contributed by atoms with Crippen LogP contribution < -0.4 is 0 Å². The van der Waals surface area contributed by atoms with Gasteiger partial charge in [0.2, 0.25) is 0 Å². The SMILES string of the molecule is CC(=CCOCC=C(C)c1c(Br)cc(Br)cc1Br)c1c(Br)cc(Br)cc1Br. The minimum Gasteiger partial charge on any atom is -0.373 e. The summed E-state index contributed by atoms with van der Waals surface area (Å²) in [7, 11) is 0. The smallest absolute Gasteiger partial charge is 0.0657 e. The van der Waals surface area contributed by atoms with Gasteiger partial charge in [-0.3, -0.25) is 0 Å². The van der Waals surface area contributed by atoms with E-state index in [-0.39, 0.29) is 0 Å². The van der Waals surface area contributed by atoms with Gasteiger partial charge in [-0.05, 0) is 49.3 Å². The Morgan fingerprint density at radius 3 is 1.26 bits per heavy atom. The highest BCUT2D eigenvalue weighted by molar-refractivity contribution is 9.12. The molecule has 7 heteroatoms. The van der Waals surface area contributed by atoms with Gasteiger partial charge in [0.15, 0.2) is 0 Å². The van der Waals surface area contributed by atoms with E-state index in [4.69, 9.17) is 4.74 Å². The fourth-order valence-corrected chi connectivity index (χ4v) is 8.25. The van der Waals surface area contributed by atoms with Crippen LogP contribution in [-0.4, -0.2) is 13.2 Å². The van der Waals surface area contributed by atoms with E-state index in [1.807, 2.05) is 24.3 Å². The van der Waals surface area contributed by atoms with Crippen LogP contribution >= 0.6 is 95.6 Å². The maximum absolute atomic E-state index is 5.79. The molecule has 144 valence electrons. The molecule has 0 fully saturated rings. The lowest BCUT2D eigenvalue weighted by atomic mass is 10.1. The van der Waals surface area contributed by atoms with E-state index in [1.54, 1.807) is 0 Å². The van der Waals surface area contributed by atoms with Crippen LogP contribution in [-0.2, 0) is 4.74 Å². The highest BCUT2D eigenvalue weighted by Crippen LogP contribution is 2.35. The molecule has 0 aromatic heterocycles. The normalized spacial score (nSPS) is 12.6. The molecule has 0 atom stereocenters. The first-order valence-corrected chi connectivity index (χ1v) is 12.7. The molecule has 0 N–H and O–H groups in total. The van der Waals surface area contributed by atoms with E-state index >= 15 is 0 Å². The Kier molecular flexibility index (Phi) is 10.00. The van der Waals surface area contributed by atoms with Gasteiger partial charge in [-0.1, -0.05) is 108 Å². The van der Waals surface area contributed by atoms with Crippen LogP contribution in [0.25, 0.3) is 11.1 Å². The van der Waals surface area contributed by atoms with Crippen molar-refractivity contribution in [3.8, 4) is 0 Å². The summed E-state index contributed by atoms with van der Waals surface area (Å²) in [6, 6.07) is 8.16. The molecule has 0 amide bonds. The van der Waals surface area contributed by atoms with Crippen molar-refractivity contribution in [3.05, 3.63) is 74.4 Å². The Balaban J connectivity index is 2.01. The number of ether oxygens (including phenoxy) is 1. The predicted molar refractivity (Wildman–Crippen MR) is 137 cm³/mol. The van der Waals surface area contributed by atoms with Crippen LogP contribution in [0.15, 0.2) is 63.3 Å². The van der Waals surface area contributed by atoms with Gasteiger partial charge >= 0.3 is 0 Å². The second kappa shape index (κ2) is 11.2. The zero-order chi connectivity index (χ0) is 20.1. The predicted octanol–water partition coefficient (Wildman–Crippen LogP) is 9.78. The first-order chi connectivity index (χ1) is 12.7. The second-order valence-electron chi connectivity index (χ2n) is 5.80. The summed E-state index contributed by atoms with van der Waals surface area (Å²) < 4.78 is 12.0. The third-order valence-corrected chi connectivity index (χ3v) is 7.23. The van der Waals surface area contributed by atoms with Crippen molar-refractivity contribution in [2.75, 3.05) is 13.2 Å². The lowest BCUT2D eigenvalue weighted by Gasteiger charge is -2.10. The van der Waals surface area contributed by atoms with Gasteiger partial charge in [0.1, 0.15) is 0 Å². The van der Waals surface area contributed by atoms with Gasteiger partial charge in [0.05, 0.1) is 13.2 Å². The van der Waals surface area contributed by atoms with Gasteiger partial charge < -0.3 is 4.74 Å². The summed E-state index contributed by atoms with van der Waals surface area (Å²) >= 11 is 21.5. The van der Waals surface area contributed by atoms with Crippen LogP contribution in [0.5, 0.6) is 0 Å². The monoisotopic (exact) mass is 746 g/mol. The average molecular weight is 752 g/mol. The van der Waals surface area contributed by atoms with Crippen LogP contribution in [0.3, 0.4) is 0 Å². The third kappa shape index (κ3) is 6.90. The van der Waals surface area contributed by atoms with Crippen molar-refractivity contribution in [2.45, 2.75) is 13.8 Å². The maximum Gasteiger partial charge on any atom is 0.0657 e. The Bertz CT molecular complexity index is 782. The van der Waals surface area contributed by atoms with Crippen molar-refractivity contribution < 1.29 is 4.74 Å². The number of hydrogen-bond donors (Lipinski definition) is 0. The van der Waals surface area contributed by atoms with Crippen molar-refractivity contribution in [1.82, 2.24) is 0 Å². The quantitative estimate of drug-likeness (QED) is 0.267. The number of halogens is 6. The molecule has 0 aliphatic heterocycles. The van der Waals surface area contributed by atoms with E-state index < -0.39 is 0 Å². The molecule has 1 nitrogen and oxygen atoms in total. The minimum absolute atomic E-state index is 0.549. The maximum atomic E-state index is 5.79. The number of allylic oxidation sites excluding steroid dienone is 2. The van der Waals surface area contributed by atoms with E-state index in [1.165, 1.54) is 0 Å². The first kappa shape index (κ1) is 24.0. The summed E-state index contributed by atoms with van der Waals surface area (Å²) in [4.78, 5) is 0. The summed E-state index contributed by atoms with van der Waals surface area (Å²) in [5.74, 6) is 0. The Labute approximate surface area is 210 Å². The molecule has 0 saturated heterocycles. The second-order valence-corrected chi connectivity index (χ2v) is 11.0. The third-order valence-electron chi connectivity index (χ3n) is 3.82. The number of hydrogen-bond acceptors (Lipinski definition) is 1. The zero-order valence-corrected chi connectivity index (χ0v) is 24.1. The fraction of sp³-hybridized carbons (Fsp3) is 0.200. The van der Waals surface area contributed by atoms with Gasteiger partial charge in [-0.15, -0.1) is 0 Å². The zero-order valence-electron chi connectivity index (χ0n) is 14.6. The number of rotatable bonds is 6. The van der Waals surface area contributed by atoms with Gasteiger partial charge in [0, 0.05) is 38.0 Å². The topological polar surface area (TPSA) is 9.23 Å². The van der Waals surface area contributed by atoms with Gasteiger partial charge in [-0.2, -0.15) is 0 Å². The van der Waals surface area contributed by atoms with Crippen molar-refractivity contribution in [1.29, 1.82) is 0 Å². The molecule has 0 saturated carbocycles. The molecule has 0 unspecified atom stereocenters. The average Bonchev–Trinajstić information content (AvgIpc) is 2.52. The standard InChI is InChI=1S/C20H16Br6O/c1-11(19-15(23)7-13(21)8-16(19)24)3-5-27-6-4-12(2)20-17(25)9-14(22)10-18(20)26/h3-4,7-10H,5-6H2,1-2H3. The largest absolute Gasteiger partial charge is 0.373 e. The molecule has 0 radical (unpaired) electrons. The lowest BCUT2D eigenvalue weighted by molar-refractivity contribution is 0.194. The lowest BCUT2D eigenvalue weighted by Crippen LogP contribution is -1.95. The van der Waals surface area contributed by atoms with Crippen molar-refractivity contribution >= 4 is 107 Å². The molecule has 0 bridgehead atoms. The van der Waals surface area contributed by atoms with E-state index in [2.05, 4.69) is 122 Å². The number of benzene rings is 2. The highest BCUT2D eigenvalue weighted by atomic mass is 79.9. The summed E-state index contributed by atoms with van der Waals surface area (Å²) in [5, 5.41) is 0. The van der Waals surface area contributed by atoms with Crippen LogP contribution in [0.2, 0.25) is 0 Å². The van der Waals surface area contributed by atoms with Crippen LogP contribution in [0.1, 0.15) is 25.0 Å². The molecule has 0 aliphatic carbocycles. The van der Waals surface area contributed by atoms with E-state index in [9.17, 15) is 0 Å². The Morgan fingerprint density at radius 2 is 0.963 bits per heavy atom. The Morgan fingerprint density at radius 1 is 0.667 bits per heavy atom. The summed E-state index contributed by atoms with van der Waals surface area (Å²) in [5.41, 5.74) is 4.58. The molecule has 0 spiro atoms. The van der Waals surface area contributed by atoms with E-state index in [0.29, 0.717) is 13.2 Å². The minimum atomic E-state index is 0.549. The molecular formula is C20H16Br6O. The molecular weight excluding hydrogens is 736 g/mol. The van der Waals surface area contributed by atoms with Gasteiger partial charge in [0.25, 0.3) is 0 Å². The molecule has 0 aliphatic rings. The van der Waals surface area contributed by atoms with Crippen LogP contribution in [0.4, 0.5) is 0 Å². The highest BCUT2D eigenvalue weighted by Gasteiger charge is 2.09. The van der Waals surface area contributed by atoms with Crippen molar-refractivity contribution in [3.63, 3.8) is 0 Å². The summed E-state index contributed by atoms with van der Waals surface area (Å²) in [6.45, 7) is 5.26. The molecule has 2 aromatic rings. The summed E-state index contributed by atoms with van der Waals surface area (Å²) in [6.07, 6.45) is 4.18. The van der Waals surface area contributed by atoms with Crippen molar-refractivity contribution in [2.24, 2.45) is 0 Å². The molecule has 0 heterocycles. The molecule has 2 aromatic carbocycles. The van der Waals surface area contributed by atoms with Crippen LogP contribution in [0, 0.1) is 0 Å². The molecule has 27 heavy (non-hydrogen) atoms.